The van der Waals surface area contributed by atoms with Gasteiger partial charge in [-0.25, -0.2) is 9.97 Å². The number of aryl methyl sites for hydroxylation is 1. The van der Waals surface area contributed by atoms with Crippen molar-refractivity contribution in [2.24, 2.45) is 5.73 Å². The molecule has 4 nitrogen and oxygen atoms in total. The fraction of sp³-hybridized carbons (Fsp3) is 0.250. The average Bonchev–Trinajstić information content (AvgIpc) is 2.83. The number of aromatic nitrogens is 3. The first-order chi connectivity index (χ1) is 10.3. The minimum atomic E-state index is 0.0173. The summed E-state index contributed by atoms with van der Waals surface area (Å²) in [5, 5.41) is 1.91. The molecule has 5 heteroatoms. The highest BCUT2D eigenvalue weighted by molar-refractivity contribution is 6.31. The first-order valence-corrected chi connectivity index (χ1v) is 7.49. The molecule has 0 fully saturated rings. The van der Waals surface area contributed by atoms with Crippen LogP contribution in [0.3, 0.4) is 0 Å². The van der Waals surface area contributed by atoms with Crippen LogP contribution < -0.4 is 5.73 Å². The molecule has 3 aromatic rings. The minimum absolute atomic E-state index is 0.0173. The Morgan fingerprint density at radius 1 is 1.24 bits per heavy atom. The van der Waals surface area contributed by atoms with Crippen LogP contribution in [0.15, 0.2) is 36.7 Å². The maximum absolute atomic E-state index is 6.38. The highest BCUT2D eigenvalue weighted by atomic mass is 35.5. The molecule has 0 aliphatic heterocycles. The van der Waals surface area contributed by atoms with Crippen LogP contribution in [0.4, 0.5) is 0 Å². The van der Waals surface area contributed by atoms with Gasteiger partial charge in [0.15, 0.2) is 0 Å². The van der Waals surface area contributed by atoms with E-state index in [1.54, 1.807) is 12.4 Å². The third-order valence-corrected chi connectivity index (χ3v) is 4.36. The van der Waals surface area contributed by atoms with Gasteiger partial charge in [-0.3, -0.25) is 4.57 Å². The Hall–Kier alpha value is -1.91. The van der Waals surface area contributed by atoms with Gasteiger partial charge < -0.3 is 5.73 Å². The number of hydrogen-bond acceptors (Lipinski definition) is 3. The van der Waals surface area contributed by atoms with E-state index in [-0.39, 0.29) is 6.04 Å². The highest BCUT2D eigenvalue weighted by Crippen LogP contribution is 2.38. The molecule has 0 saturated carbocycles. The minimum Gasteiger partial charge on any atom is -0.323 e. The molecule has 0 radical (unpaired) electrons. The predicted octanol–water partition coefficient (Wildman–Crippen LogP) is 3.41. The first kappa shape index (κ1) is 12.8. The van der Waals surface area contributed by atoms with Crippen LogP contribution in [0.1, 0.15) is 30.1 Å². The summed E-state index contributed by atoms with van der Waals surface area (Å²) in [7, 11) is 0. The Morgan fingerprint density at radius 3 is 2.86 bits per heavy atom. The van der Waals surface area contributed by atoms with Crippen molar-refractivity contribution in [3.8, 4) is 5.95 Å². The molecule has 0 amide bonds. The second-order valence-electron chi connectivity index (χ2n) is 5.41. The van der Waals surface area contributed by atoms with Crippen molar-refractivity contribution >= 4 is 22.5 Å². The van der Waals surface area contributed by atoms with E-state index in [4.69, 9.17) is 17.3 Å². The maximum Gasteiger partial charge on any atom is 0.234 e. The van der Waals surface area contributed by atoms with Crippen LogP contribution in [0, 0.1) is 0 Å². The molecule has 0 bridgehead atoms. The van der Waals surface area contributed by atoms with Gasteiger partial charge in [0.2, 0.25) is 5.95 Å². The molecule has 1 unspecified atom stereocenters. The summed E-state index contributed by atoms with van der Waals surface area (Å²) < 4.78 is 2.09. The van der Waals surface area contributed by atoms with Crippen LogP contribution in [0.2, 0.25) is 5.02 Å². The van der Waals surface area contributed by atoms with Crippen LogP contribution in [-0.2, 0) is 6.42 Å². The Morgan fingerprint density at radius 2 is 2.05 bits per heavy atom. The zero-order chi connectivity index (χ0) is 14.4. The molecular weight excluding hydrogens is 284 g/mol. The summed E-state index contributed by atoms with van der Waals surface area (Å²) in [5.41, 5.74) is 9.87. The van der Waals surface area contributed by atoms with Crippen molar-refractivity contribution in [1.82, 2.24) is 14.5 Å². The monoisotopic (exact) mass is 298 g/mol. The number of hydrogen-bond donors (Lipinski definition) is 1. The fourth-order valence-corrected chi connectivity index (χ4v) is 3.43. The van der Waals surface area contributed by atoms with Crippen LogP contribution in [0.25, 0.3) is 16.9 Å². The van der Waals surface area contributed by atoms with E-state index in [9.17, 15) is 0 Å². The van der Waals surface area contributed by atoms with Crippen molar-refractivity contribution < 1.29 is 0 Å². The van der Waals surface area contributed by atoms with Crippen molar-refractivity contribution in [3.63, 3.8) is 0 Å². The van der Waals surface area contributed by atoms with Gasteiger partial charge in [0.25, 0.3) is 0 Å². The van der Waals surface area contributed by atoms with E-state index >= 15 is 0 Å². The summed E-state index contributed by atoms with van der Waals surface area (Å²) in [6, 6.07) is 7.79. The van der Waals surface area contributed by atoms with Crippen LogP contribution in [0.5, 0.6) is 0 Å². The molecule has 1 atom stereocenters. The lowest BCUT2D eigenvalue weighted by Crippen LogP contribution is -2.20. The first-order valence-electron chi connectivity index (χ1n) is 7.11. The average molecular weight is 299 g/mol. The number of halogens is 1. The normalized spacial score (nSPS) is 17.9. The third kappa shape index (κ3) is 1.94. The van der Waals surface area contributed by atoms with Crippen molar-refractivity contribution in [3.05, 3.63) is 52.9 Å². The standard InChI is InChI=1S/C16H15ClN4/c17-10-5-6-14-12(9-10)11-3-1-4-13(18)15(11)21(14)16-19-7-2-8-20-16/h2,5-9,13H,1,3-4,18H2. The summed E-state index contributed by atoms with van der Waals surface area (Å²) >= 11 is 6.18. The number of benzene rings is 1. The second-order valence-corrected chi connectivity index (χ2v) is 5.84. The fourth-order valence-electron chi connectivity index (χ4n) is 3.26. The van der Waals surface area contributed by atoms with E-state index in [0.717, 1.165) is 35.5 Å². The van der Waals surface area contributed by atoms with Crippen molar-refractivity contribution in [2.75, 3.05) is 0 Å². The topological polar surface area (TPSA) is 56.7 Å². The zero-order valence-electron chi connectivity index (χ0n) is 11.5. The Balaban J connectivity index is 2.12. The lowest BCUT2D eigenvalue weighted by atomic mass is 9.92. The molecule has 1 aliphatic rings. The highest BCUT2D eigenvalue weighted by Gasteiger charge is 2.26. The lowest BCUT2D eigenvalue weighted by molar-refractivity contribution is 0.549. The zero-order valence-corrected chi connectivity index (χ0v) is 12.2. The third-order valence-electron chi connectivity index (χ3n) is 4.12. The van der Waals surface area contributed by atoms with Crippen LogP contribution in [-0.4, -0.2) is 14.5 Å². The second kappa shape index (κ2) is 4.83. The summed E-state index contributed by atoms with van der Waals surface area (Å²) in [6.07, 6.45) is 6.63. The maximum atomic E-state index is 6.38. The molecule has 1 aromatic carbocycles. The summed E-state index contributed by atoms with van der Waals surface area (Å²) in [5.74, 6) is 0.670. The van der Waals surface area contributed by atoms with Gasteiger partial charge in [0.05, 0.1) is 5.52 Å². The van der Waals surface area contributed by atoms with Gasteiger partial charge in [-0.1, -0.05) is 11.6 Å². The van der Waals surface area contributed by atoms with Crippen LogP contribution >= 0.6 is 11.6 Å². The van der Waals surface area contributed by atoms with Gasteiger partial charge in [0, 0.05) is 34.5 Å². The predicted molar refractivity (Wildman–Crippen MR) is 83.7 cm³/mol. The summed E-state index contributed by atoms with van der Waals surface area (Å²) in [4.78, 5) is 8.80. The van der Waals surface area contributed by atoms with Gasteiger partial charge in [-0.05, 0) is 49.1 Å². The molecule has 2 N–H and O–H groups in total. The molecule has 2 aromatic heterocycles. The summed E-state index contributed by atoms with van der Waals surface area (Å²) in [6.45, 7) is 0. The lowest BCUT2D eigenvalue weighted by Gasteiger charge is -2.21. The molecule has 106 valence electrons. The number of nitrogens with two attached hydrogens (primary N) is 1. The van der Waals surface area contributed by atoms with E-state index in [0.29, 0.717) is 5.95 Å². The Labute approximate surface area is 127 Å². The van der Waals surface area contributed by atoms with E-state index in [2.05, 4.69) is 14.5 Å². The molecule has 0 saturated heterocycles. The van der Waals surface area contributed by atoms with Gasteiger partial charge >= 0.3 is 0 Å². The quantitative estimate of drug-likeness (QED) is 0.749. The number of rotatable bonds is 1. The molecule has 1 aliphatic carbocycles. The molecule has 2 heterocycles. The van der Waals surface area contributed by atoms with E-state index in [1.165, 1.54) is 10.9 Å². The van der Waals surface area contributed by atoms with Crippen molar-refractivity contribution in [1.29, 1.82) is 0 Å². The van der Waals surface area contributed by atoms with Gasteiger partial charge in [-0.2, -0.15) is 0 Å². The van der Waals surface area contributed by atoms with E-state index < -0.39 is 0 Å². The Bertz CT molecular complexity index is 810. The number of fused-ring (bicyclic) bond motifs is 3. The molecule has 0 spiro atoms. The van der Waals surface area contributed by atoms with Gasteiger partial charge in [-0.15, -0.1) is 0 Å². The van der Waals surface area contributed by atoms with Gasteiger partial charge in [0.1, 0.15) is 0 Å². The molecule has 4 rings (SSSR count). The SMILES string of the molecule is NC1CCCc2c1n(-c1ncccn1)c1ccc(Cl)cc21. The van der Waals surface area contributed by atoms with Crippen molar-refractivity contribution in [2.45, 2.75) is 25.3 Å². The molecular formula is C16H15ClN4. The largest absolute Gasteiger partial charge is 0.323 e. The smallest absolute Gasteiger partial charge is 0.234 e. The Kier molecular flexibility index (Phi) is 2.94. The molecule has 21 heavy (non-hydrogen) atoms. The number of nitrogens with zero attached hydrogens (tertiary/aromatic N) is 3. The van der Waals surface area contributed by atoms with E-state index in [1.807, 2.05) is 24.3 Å².